The van der Waals surface area contributed by atoms with Crippen LogP contribution in [0.15, 0.2) is 36.7 Å². The van der Waals surface area contributed by atoms with Crippen molar-refractivity contribution in [1.29, 1.82) is 0 Å². The number of carbonyl (C=O) groups is 1. The van der Waals surface area contributed by atoms with E-state index in [9.17, 15) is 18.0 Å². The number of nitrogens with one attached hydrogen (secondary N) is 1. The number of imidazole rings is 1. The third kappa shape index (κ3) is 2.63. The third-order valence-corrected chi connectivity index (χ3v) is 3.30. The summed E-state index contributed by atoms with van der Waals surface area (Å²) in [5.74, 6) is -0.632. The van der Waals surface area contributed by atoms with Gasteiger partial charge in [0.1, 0.15) is 11.3 Å². The molecule has 0 saturated carbocycles. The van der Waals surface area contributed by atoms with E-state index >= 15 is 0 Å². The molecule has 8 heteroatoms. The van der Waals surface area contributed by atoms with E-state index in [2.05, 4.69) is 19.7 Å². The third-order valence-electron chi connectivity index (χ3n) is 3.30. The number of carbonyl (C=O) groups excluding carboxylic acids is 1. The lowest BCUT2D eigenvalue weighted by molar-refractivity contribution is -0.137. The van der Waals surface area contributed by atoms with Gasteiger partial charge in [-0.2, -0.15) is 13.2 Å². The fraction of sp³-hybridized carbons (Fsp3) is 0.133. The molecule has 0 spiro atoms. The van der Waals surface area contributed by atoms with Crippen LogP contribution in [-0.4, -0.2) is 28.0 Å². The summed E-state index contributed by atoms with van der Waals surface area (Å²) < 4.78 is 44.0. The summed E-state index contributed by atoms with van der Waals surface area (Å²) in [4.78, 5) is 22.4. The minimum absolute atomic E-state index is 0.0169. The fourth-order valence-electron chi connectivity index (χ4n) is 2.26. The number of para-hydroxylation sites is 1. The second-order valence-electron chi connectivity index (χ2n) is 4.70. The Bertz CT molecular complexity index is 887. The number of methoxy groups -OCH3 is 1. The van der Waals surface area contributed by atoms with E-state index < -0.39 is 17.7 Å². The van der Waals surface area contributed by atoms with Crippen LogP contribution in [0.3, 0.4) is 0 Å². The van der Waals surface area contributed by atoms with Crippen LogP contribution in [0.25, 0.3) is 22.4 Å². The van der Waals surface area contributed by atoms with Gasteiger partial charge in [0.05, 0.1) is 23.8 Å². The average Bonchev–Trinajstić information content (AvgIpc) is 2.97. The number of pyridine rings is 1. The van der Waals surface area contributed by atoms with Crippen molar-refractivity contribution in [3.63, 3.8) is 0 Å². The van der Waals surface area contributed by atoms with Crippen LogP contribution in [-0.2, 0) is 10.9 Å². The van der Waals surface area contributed by atoms with Gasteiger partial charge in [-0.1, -0.05) is 6.07 Å². The molecule has 0 amide bonds. The average molecular weight is 321 g/mol. The van der Waals surface area contributed by atoms with Gasteiger partial charge in [0.25, 0.3) is 0 Å². The van der Waals surface area contributed by atoms with Crippen molar-refractivity contribution in [3.8, 4) is 11.4 Å². The van der Waals surface area contributed by atoms with Crippen molar-refractivity contribution >= 4 is 17.0 Å². The molecular formula is C15H10F3N3O2. The normalized spacial score (nSPS) is 11.7. The summed E-state index contributed by atoms with van der Waals surface area (Å²) in [5, 5.41) is 0. The van der Waals surface area contributed by atoms with E-state index in [4.69, 9.17) is 0 Å². The molecule has 2 heterocycles. The van der Waals surface area contributed by atoms with Crippen LogP contribution >= 0.6 is 0 Å². The van der Waals surface area contributed by atoms with Gasteiger partial charge in [-0.05, 0) is 18.2 Å². The molecule has 2 aromatic heterocycles. The maximum Gasteiger partial charge on any atom is 0.417 e. The number of esters is 1. The van der Waals surface area contributed by atoms with Crippen LogP contribution in [0.4, 0.5) is 13.2 Å². The van der Waals surface area contributed by atoms with E-state index in [0.29, 0.717) is 5.52 Å². The molecule has 118 valence electrons. The number of aromatic nitrogens is 3. The minimum Gasteiger partial charge on any atom is -0.465 e. The molecule has 5 nitrogen and oxygen atoms in total. The molecule has 0 aliphatic carbocycles. The summed E-state index contributed by atoms with van der Waals surface area (Å²) in [7, 11) is 1.22. The summed E-state index contributed by atoms with van der Waals surface area (Å²) in [6.45, 7) is 0. The first-order chi connectivity index (χ1) is 10.9. The van der Waals surface area contributed by atoms with Gasteiger partial charge < -0.3 is 9.72 Å². The van der Waals surface area contributed by atoms with Crippen molar-refractivity contribution in [1.82, 2.24) is 15.0 Å². The molecule has 0 aliphatic rings. The summed E-state index contributed by atoms with van der Waals surface area (Å²) in [6, 6.07) is 5.57. The van der Waals surface area contributed by atoms with Gasteiger partial charge in [-0.15, -0.1) is 0 Å². The number of halogens is 3. The number of aromatic amines is 1. The smallest absolute Gasteiger partial charge is 0.417 e. The molecule has 0 aliphatic heterocycles. The van der Waals surface area contributed by atoms with Crippen LogP contribution in [0.5, 0.6) is 0 Å². The van der Waals surface area contributed by atoms with Crippen molar-refractivity contribution < 1.29 is 22.7 Å². The lowest BCUT2D eigenvalue weighted by Crippen LogP contribution is -2.07. The SMILES string of the molecule is COC(=O)c1cccc2[nH]c(-c3cnccc3C(F)(F)F)nc12. The number of ether oxygens (including phenoxy) is 1. The minimum atomic E-state index is -4.54. The van der Waals surface area contributed by atoms with Crippen molar-refractivity contribution in [2.45, 2.75) is 6.18 Å². The molecule has 3 rings (SSSR count). The van der Waals surface area contributed by atoms with Crippen molar-refractivity contribution in [3.05, 3.63) is 47.8 Å². The molecule has 1 aromatic carbocycles. The van der Waals surface area contributed by atoms with E-state index in [-0.39, 0.29) is 22.5 Å². The monoisotopic (exact) mass is 321 g/mol. The van der Waals surface area contributed by atoms with Crippen molar-refractivity contribution in [2.75, 3.05) is 7.11 Å². The number of benzene rings is 1. The highest BCUT2D eigenvalue weighted by molar-refractivity contribution is 6.02. The van der Waals surface area contributed by atoms with Gasteiger partial charge in [0.2, 0.25) is 0 Å². The quantitative estimate of drug-likeness (QED) is 0.734. The van der Waals surface area contributed by atoms with Crippen LogP contribution in [0, 0.1) is 0 Å². The fourth-order valence-corrected chi connectivity index (χ4v) is 2.26. The van der Waals surface area contributed by atoms with Gasteiger partial charge in [0, 0.05) is 18.0 Å². The predicted molar refractivity (Wildman–Crippen MR) is 75.7 cm³/mol. The van der Waals surface area contributed by atoms with E-state index in [1.165, 1.54) is 13.2 Å². The highest BCUT2D eigenvalue weighted by Crippen LogP contribution is 2.36. The molecule has 3 aromatic rings. The standard InChI is InChI=1S/C15H10F3N3O2/c1-23-14(22)8-3-2-4-11-12(8)21-13(20-11)9-7-19-6-5-10(9)15(16,17)18/h2-7H,1H3,(H,20,21). The van der Waals surface area contributed by atoms with Crippen molar-refractivity contribution in [2.24, 2.45) is 0 Å². The number of H-pyrrole nitrogens is 1. The van der Waals surface area contributed by atoms with E-state index in [0.717, 1.165) is 18.5 Å². The van der Waals surface area contributed by atoms with Gasteiger partial charge in [-0.25, -0.2) is 9.78 Å². The highest BCUT2D eigenvalue weighted by Gasteiger charge is 2.34. The molecule has 0 bridgehead atoms. The van der Waals surface area contributed by atoms with Gasteiger partial charge in [-0.3, -0.25) is 4.98 Å². The summed E-state index contributed by atoms with van der Waals surface area (Å²) in [6.07, 6.45) is -2.39. The molecule has 0 fully saturated rings. The summed E-state index contributed by atoms with van der Waals surface area (Å²) in [5.41, 5.74) is -0.200. The van der Waals surface area contributed by atoms with Crippen LogP contribution in [0.2, 0.25) is 0 Å². The Labute approximate surface area is 128 Å². The van der Waals surface area contributed by atoms with E-state index in [1.54, 1.807) is 12.1 Å². The Hall–Kier alpha value is -2.90. The topological polar surface area (TPSA) is 67.9 Å². The second-order valence-corrected chi connectivity index (χ2v) is 4.70. The second kappa shape index (κ2) is 5.38. The van der Waals surface area contributed by atoms with E-state index in [1.807, 2.05) is 0 Å². The zero-order chi connectivity index (χ0) is 16.6. The van der Waals surface area contributed by atoms with Gasteiger partial charge in [0.15, 0.2) is 0 Å². The number of hydrogen-bond acceptors (Lipinski definition) is 4. The molecule has 23 heavy (non-hydrogen) atoms. The number of nitrogens with zero attached hydrogens (tertiary/aromatic N) is 2. The Morgan fingerprint density at radius 2 is 2.04 bits per heavy atom. The Morgan fingerprint density at radius 3 is 2.74 bits per heavy atom. The Kier molecular flexibility index (Phi) is 3.51. The number of rotatable bonds is 2. The maximum absolute atomic E-state index is 13.1. The highest BCUT2D eigenvalue weighted by atomic mass is 19.4. The zero-order valence-electron chi connectivity index (χ0n) is 11.8. The lowest BCUT2D eigenvalue weighted by Gasteiger charge is -2.09. The first-order valence-electron chi connectivity index (χ1n) is 6.50. The first kappa shape index (κ1) is 15.0. The molecular weight excluding hydrogens is 311 g/mol. The first-order valence-corrected chi connectivity index (χ1v) is 6.50. The Balaban J connectivity index is 2.22. The molecule has 0 radical (unpaired) electrons. The molecule has 0 unspecified atom stereocenters. The van der Waals surface area contributed by atoms with Gasteiger partial charge >= 0.3 is 12.1 Å². The maximum atomic E-state index is 13.1. The lowest BCUT2D eigenvalue weighted by atomic mass is 10.1. The summed E-state index contributed by atoms with van der Waals surface area (Å²) >= 11 is 0. The molecule has 0 saturated heterocycles. The molecule has 1 N–H and O–H groups in total. The Morgan fingerprint density at radius 1 is 1.26 bits per heavy atom. The predicted octanol–water partition coefficient (Wildman–Crippen LogP) is 3.43. The van der Waals surface area contributed by atoms with Crippen LogP contribution < -0.4 is 0 Å². The largest absolute Gasteiger partial charge is 0.465 e. The number of hydrogen-bond donors (Lipinski definition) is 1. The number of alkyl halides is 3. The number of fused-ring (bicyclic) bond motifs is 1. The van der Waals surface area contributed by atoms with Crippen LogP contribution in [0.1, 0.15) is 15.9 Å². The zero-order valence-corrected chi connectivity index (χ0v) is 11.8. The molecule has 0 atom stereocenters.